The number of carbonyl (C=O) groups excluding carboxylic acids is 2. The number of rotatable bonds is 6. The number of para-hydroxylation sites is 1. The van der Waals surface area contributed by atoms with Gasteiger partial charge in [-0.05, 0) is 50.6 Å². The first-order chi connectivity index (χ1) is 16.7. The van der Waals surface area contributed by atoms with Crippen molar-refractivity contribution in [2.75, 3.05) is 12.4 Å². The third-order valence-corrected chi connectivity index (χ3v) is 7.00. The van der Waals surface area contributed by atoms with Crippen molar-refractivity contribution in [3.05, 3.63) is 79.8 Å². The second-order valence-corrected chi connectivity index (χ2v) is 9.43. The standard InChI is InChI=1S/C26H22ClNO6S/c1-13-15(3)35-25(20(13)26(31)32-4)28-24(30)14(2)33-23-21(29)17-10-6-8-12-19(17)34-22(23)16-9-5-7-11-18(16)27/h5-12,14H,1-4H3,(H,28,30). The van der Waals surface area contributed by atoms with E-state index >= 15 is 0 Å². The maximum Gasteiger partial charge on any atom is 0.341 e. The van der Waals surface area contributed by atoms with E-state index in [-0.39, 0.29) is 17.1 Å². The number of hydrogen-bond donors (Lipinski definition) is 1. The number of fused-ring (bicyclic) bond motifs is 1. The number of hydrogen-bond acceptors (Lipinski definition) is 7. The predicted molar refractivity (Wildman–Crippen MR) is 137 cm³/mol. The average Bonchev–Trinajstić information content (AvgIpc) is 3.13. The molecule has 2 aromatic heterocycles. The summed E-state index contributed by atoms with van der Waals surface area (Å²) in [5.74, 6) is -1.11. The van der Waals surface area contributed by atoms with E-state index < -0.39 is 23.4 Å². The van der Waals surface area contributed by atoms with E-state index in [1.807, 2.05) is 6.92 Å². The second kappa shape index (κ2) is 9.93. The van der Waals surface area contributed by atoms with Crippen LogP contribution in [-0.4, -0.2) is 25.1 Å². The van der Waals surface area contributed by atoms with Crippen LogP contribution in [0.5, 0.6) is 5.75 Å². The van der Waals surface area contributed by atoms with Crippen LogP contribution in [0.15, 0.2) is 57.7 Å². The fourth-order valence-electron chi connectivity index (χ4n) is 3.56. The number of anilines is 1. The zero-order valence-electron chi connectivity index (χ0n) is 19.4. The number of aryl methyl sites for hydroxylation is 1. The minimum absolute atomic E-state index is 0.122. The van der Waals surface area contributed by atoms with Gasteiger partial charge in [0.15, 0.2) is 11.9 Å². The van der Waals surface area contributed by atoms with Gasteiger partial charge in [-0.15, -0.1) is 11.3 Å². The molecule has 0 fully saturated rings. The molecule has 1 unspecified atom stereocenters. The summed E-state index contributed by atoms with van der Waals surface area (Å²) in [4.78, 5) is 39.5. The summed E-state index contributed by atoms with van der Waals surface area (Å²) in [5, 5.41) is 3.75. The molecule has 0 aliphatic carbocycles. The lowest BCUT2D eigenvalue weighted by atomic mass is 10.1. The lowest BCUT2D eigenvalue weighted by molar-refractivity contribution is -0.122. The molecule has 2 heterocycles. The number of halogens is 1. The van der Waals surface area contributed by atoms with Gasteiger partial charge in [0.2, 0.25) is 11.2 Å². The number of thiophene rings is 1. The molecule has 1 amide bonds. The molecule has 0 saturated heterocycles. The first-order valence-corrected chi connectivity index (χ1v) is 11.9. The van der Waals surface area contributed by atoms with Crippen molar-refractivity contribution >= 4 is 50.8 Å². The Bertz CT molecular complexity index is 1510. The minimum Gasteiger partial charge on any atom is -0.473 e. The topological polar surface area (TPSA) is 94.8 Å². The zero-order chi connectivity index (χ0) is 25.3. The summed E-state index contributed by atoms with van der Waals surface area (Å²) in [6, 6.07) is 13.6. The van der Waals surface area contributed by atoms with Gasteiger partial charge in [0.1, 0.15) is 10.6 Å². The quantitative estimate of drug-likeness (QED) is 0.320. The maximum atomic E-state index is 13.4. The summed E-state index contributed by atoms with van der Waals surface area (Å²) in [5.41, 5.74) is 1.40. The predicted octanol–water partition coefficient (Wildman–Crippen LogP) is 5.98. The number of esters is 1. The number of ether oxygens (including phenoxy) is 2. The van der Waals surface area contributed by atoms with E-state index in [1.54, 1.807) is 55.5 Å². The lowest BCUT2D eigenvalue weighted by Crippen LogP contribution is -2.32. The molecule has 9 heteroatoms. The monoisotopic (exact) mass is 511 g/mol. The molecule has 7 nitrogen and oxygen atoms in total. The Kier molecular flexibility index (Phi) is 6.95. The van der Waals surface area contributed by atoms with Crippen LogP contribution in [0.25, 0.3) is 22.3 Å². The van der Waals surface area contributed by atoms with Crippen molar-refractivity contribution < 1.29 is 23.5 Å². The minimum atomic E-state index is -1.10. The van der Waals surface area contributed by atoms with E-state index in [0.29, 0.717) is 26.6 Å². The smallest absolute Gasteiger partial charge is 0.341 e. The maximum absolute atomic E-state index is 13.4. The highest BCUT2D eigenvalue weighted by Crippen LogP contribution is 2.36. The number of methoxy groups -OCH3 is 1. The van der Waals surface area contributed by atoms with Gasteiger partial charge in [0.25, 0.3) is 5.91 Å². The van der Waals surface area contributed by atoms with Gasteiger partial charge in [-0.25, -0.2) is 4.79 Å². The van der Waals surface area contributed by atoms with Crippen LogP contribution >= 0.6 is 22.9 Å². The third kappa shape index (κ3) is 4.67. The van der Waals surface area contributed by atoms with Gasteiger partial charge in [0, 0.05) is 10.4 Å². The Morgan fingerprint density at radius 3 is 2.49 bits per heavy atom. The van der Waals surface area contributed by atoms with Crippen molar-refractivity contribution in [1.82, 2.24) is 0 Å². The molecule has 1 N–H and O–H groups in total. The Hall–Kier alpha value is -3.62. The molecule has 4 aromatic rings. The van der Waals surface area contributed by atoms with Crippen molar-refractivity contribution in [2.24, 2.45) is 0 Å². The molecular formula is C26H22ClNO6S. The first-order valence-electron chi connectivity index (χ1n) is 10.7. The normalized spacial score (nSPS) is 11.8. The molecule has 1 atom stereocenters. The zero-order valence-corrected chi connectivity index (χ0v) is 21.0. The second-order valence-electron chi connectivity index (χ2n) is 7.79. The number of carbonyl (C=O) groups is 2. The fraction of sp³-hybridized carbons (Fsp3) is 0.192. The molecule has 0 radical (unpaired) electrons. The summed E-state index contributed by atoms with van der Waals surface area (Å²) in [6.45, 7) is 5.13. The van der Waals surface area contributed by atoms with E-state index in [1.165, 1.54) is 25.4 Å². The molecule has 0 saturated carbocycles. The van der Waals surface area contributed by atoms with Crippen LogP contribution in [0.1, 0.15) is 27.7 Å². The average molecular weight is 512 g/mol. The van der Waals surface area contributed by atoms with E-state index in [0.717, 1.165) is 10.4 Å². The molecule has 0 bridgehead atoms. The van der Waals surface area contributed by atoms with Crippen molar-refractivity contribution in [3.63, 3.8) is 0 Å². The fourth-order valence-corrected chi connectivity index (χ4v) is 4.83. The molecule has 0 aliphatic rings. The van der Waals surface area contributed by atoms with Crippen LogP contribution in [0.2, 0.25) is 5.02 Å². The summed E-state index contributed by atoms with van der Waals surface area (Å²) < 4.78 is 16.8. The van der Waals surface area contributed by atoms with Gasteiger partial charge >= 0.3 is 5.97 Å². The summed E-state index contributed by atoms with van der Waals surface area (Å²) in [6.07, 6.45) is -1.10. The molecule has 35 heavy (non-hydrogen) atoms. The van der Waals surface area contributed by atoms with Crippen LogP contribution in [0.4, 0.5) is 5.00 Å². The largest absolute Gasteiger partial charge is 0.473 e. The molecule has 0 aliphatic heterocycles. The van der Waals surface area contributed by atoms with Gasteiger partial charge in [0.05, 0.1) is 23.1 Å². The Morgan fingerprint density at radius 1 is 1.09 bits per heavy atom. The number of amides is 1. The van der Waals surface area contributed by atoms with E-state index in [2.05, 4.69) is 5.32 Å². The van der Waals surface area contributed by atoms with Crippen LogP contribution < -0.4 is 15.5 Å². The lowest BCUT2D eigenvalue weighted by Gasteiger charge is -2.17. The van der Waals surface area contributed by atoms with Gasteiger partial charge in [-0.3, -0.25) is 9.59 Å². The van der Waals surface area contributed by atoms with Crippen LogP contribution in [0.3, 0.4) is 0 Å². The number of benzene rings is 2. The highest BCUT2D eigenvalue weighted by Gasteiger charge is 2.27. The Morgan fingerprint density at radius 2 is 1.77 bits per heavy atom. The third-order valence-electron chi connectivity index (χ3n) is 5.55. The van der Waals surface area contributed by atoms with Crippen molar-refractivity contribution in [2.45, 2.75) is 26.9 Å². The van der Waals surface area contributed by atoms with Gasteiger partial charge in [-0.2, -0.15) is 0 Å². The number of nitrogens with one attached hydrogen (secondary N) is 1. The van der Waals surface area contributed by atoms with Crippen molar-refractivity contribution in [3.8, 4) is 17.1 Å². The van der Waals surface area contributed by atoms with E-state index in [4.69, 9.17) is 25.5 Å². The molecule has 2 aromatic carbocycles. The van der Waals surface area contributed by atoms with Crippen molar-refractivity contribution in [1.29, 1.82) is 0 Å². The molecular weight excluding hydrogens is 490 g/mol. The van der Waals surface area contributed by atoms with E-state index in [9.17, 15) is 14.4 Å². The SMILES string of the molecule is COC(=O)c1c(NC(=O)C(C)Oc2c(-c3ccccc3Cl)oc3ccccc3c2=O)sc(C)c1C. The Labute approximate surface area is 210 Å². The first kappa shape index (κ1) is 24.5. The molecule has 0 spiro atoms. The van der Waals surface area contributed by atoms with Gasteiger partial charge in [-0.1, -0.05) is 35.9 Å². The van der Waals surface area contributed by atoms with Gasteiger partial charge < -0.3 is 19.2 Å². The summed E-state index contributed by atoms with van der Waals surface area (Å²) >= 11 is 7.64. The van der Waals surface area contributed by atoms with Crippen LogP contribution in [0, 0.1) is 13.8 Å². The molecule has 4 rings (SSSR count). The highest BCUT2D eigenvalue weighted by molar-refractivity contribution is 7.16. The highest BCUT2D eigenvalue weighted by atomic mass is 35.5. The van der Waals surface area contributed by atoms with Crippen LogP contribution in [-0.2, 0) is 9.53 Å². The Balaban J connectivity index is 1.73. The molecule has 180 valence electrons. The summed E-state index contributed by atoms with van der Waals surface area (Å²) in [7, 11) is 1.28.